The second-order valence-electron chi connectivity index (χ2n) is 4.23. The number of nitrogens with one attached hydrogen (secondary N) is 1. The summed E-state index contributed by atoms with van der Waals surface area (Å²) in [6.07, 6.45) is 1.45. The van der Waals surface area contributed by atoms with Gasteiger partial charge in [-0.25, -0.2) is 4.39 Å². The van der Waals surface area contributed by atoms with Gasteiger partial charge in [0.1, 0.15) is 11.6 Å². The number of rotatable bonds is 5. The summed E-state index contributed by atoms with van der Waals surface area (Å²) in [6, 6.07) is 9.81. The molecule has 0 saturated carbocycles. The normalized spacial score (nSPS) is 11.4. The minimum Gasteiger partial charge on any atom is -0.467 e. The molecule has 1 amide bonds. The molecular formula is C15H11FN2O3. The van der Waals surface area contributed by atoms with Gasteiger partial charge >= 0.3 is 0 Å². The Balaban J connectivity index is 2.06. The Morgan fingerprint density at radius 3 is 2.76 bits per heavy atom. The predicted molar refractivity (Wildman–Crippen MR) is 70.4 cm³/mol. The van der Waals surface area contributed by atoms with E-state index < -0.39 is 23.4 Å². The molecule has 2 rings (SSSR count). The van der Waals surface area contributed by atoms with Gasteiger partial charge in [0.25, 0.3) is 0 Å². The molecule has 5 nitrogen and oxygen atoms in total. The summed E-state index contributed by atoms with van der Waals surface area (Å²) in [5.41, 5.74) is -0.0188. The Morgan fingerprint density at radius 2 is 2.14 bits per heavy atom. The number of hydrogen-bond donors (Lipinski definition) is 1. The molecule has 6 heteroatoms. The lowest BCUT2D eigenvalue weighted by atomic mass is 9.98. The fourth-order valence-electron chi connectivity index (χ4n) is 1.73. The number of amides is 1. The van der Waals surface area contributed by atoms with Crippen LogP contribution in [-0.2, 0) is 11.3 Å². The number of carbonyl (C=O) groups is 2. The molecule has 0 aliphatic rings. The summed E-state index contributed by atoms with van der Waals surface area (Å²) in [5, 5.41) is 11.4. The van der Waals surface area contributed by atoms with Crippen LogP contribution in [0.2, 0.25) is 0 Å². The standard InChI is InChI=1S/C15H11FN2O3/c16-11-4-1-3-10(7-11)14(19)13(8-17)15(20)18-9-12-5-2-6-21-12/h1-7,13H,9H2,(H,18,20)/t13-/m0/s1. The number of furan rings is 1. The molecule has 0 aliphatic carbocycles. The van der Waals surface area contributed by atoms with Crippen molar-refractivity contribution in [2.24, 2.45) is 5.92 Å². The van der Waals surface area contributed by atoms with Crippen molar-refractivity contribution in [3.05, 3.63) is 59.8 Å². The van der Waals surface area contributed by atoms with Gasteiger partial charge in [-0.1, -0.05) is 12.1 Å². The Kier molecular flexibility index (Phi) is 4.46. The SMILES string of the molecule is N#C[C@H](C(=O)NCc1ccco1)C(=O)c1cccc(F)c1. The number of Topliss-reactive ketones (excluding diaryl/α,β-unsaturated/α-hetero) is 1. The van der Waals surface area contributed by atoms with Gasteiger partial charge in [-0.15, -0.1) is 0 Å². The molecule has 1 heterocycles. The van der Waals surface area contributed by atoms with Gasteiger partial charge in [-0.05, 0) is 24.3 Å². The number of benzene rings is 1. The van der Waals surface area contributed by atoms with E-state index in [4.69, 9.17) is 9.68 Å². The molecule has 1 aromatic carbocycles. The van der Waals surface area contributed by atoms with E-state index in [-0.39, 0.29) is 12.1 Å². The second kappa shape index (κ2) is 6.48. The number of hydrogen-bond acceptors (Lipinski definition) is 4. The molecule has 0 unspecified atom stereocenters. The van der Waals surface area contributed by atoms with Crippen LogP contribution in [0, 0.1) is 23.1 Å². The molecule has 0 fully saturated rings. The van der Waals surface area contributed by atoms with Crippen LogP contribution in [0.15, 0.2) is 47.1 Å². The number of halogens is 1. The lowest BCUT2D eigenvalue weighted by molar-refractivity contribution is -0.122. The highest BCUT2D eigenvalue weighted by Gasteiger charge is 2.27. The minimum atomic E-state index is -1.53. The first kappa shape index (κ1) is 14.5. The first-order valence-electron chi connectivity index (χ1n) is 6.11. The molecule has 0 spiro atoms. The van der Waals surface area contributed by atoms with Gasteiger partial charge < -0.3 is 9.73 Å². The van der Waals surface area contributed by atoms with E-state index in [1.54, 1.807) is 18.2 Å². The number of nitriles is 1. The van der Waals surface area contributed by atoms with Crippen LogP contribution in [0.4, 0.5) is 4.39 Å². The average molecular weight is 286 g/mol. The summed E-state index contributed by atoms with van der Waals surface area (Å²) in [5.74, 6) is -3.12. The van der Waals surface area contributed by atoms with Crippen LogP contribution in [0.25, 0.3) is 0 Å². The molecule has 2 aromatic rings. The minimum absolute atomic E-state index is 0.0188. The molecule has 1 N–H and O–H groups in total. The summed E-state index contributed by atoms with van der Waals surface area (Å²) < 4.78 is 18.1. The van der Waals surface area contributed by atoms with Crippen molar-refractivity contribution in [2.75, 3.05) is 0 Å². The number of nitrogens with zero attached hydrogens (tertiary/aromatic N) is 1. The van der Waals surface area contributed by atoms with Crippen molar-refractivity contribution in [3.8, 4) is 6.07 Å². The summed E-state index contributed by atoms with van der Waals surface area (Å²) in [6.45, 7) is 0.0699. The van der Waals surface area contributed by atoms with Gasteiger partial charge in [0.2, 0.25) is 5.91 Å². The van der Waals surface area contributed by atoms with E-state index in [1.165, 1.54) is 24.5 Å². The van der Waals surface area contributed by atoms with Gasteiger partial charge in [0.15, 0.2) is 11.7 Å². The zero-order chi connectivity index (χ0) is 15.2. The highest BCUT2D eigenvalue weighted by Crippen LogP contribution is 2.11. The van der Waals surface area contributed by atoms with Crippen molar-refractivity contribution < 1.29 is 18.4 Å². The van der Waals surface area contributed by atoms with Crippen molar-refractivity contribution in [3.63, 3.8) is 0 Å². The Bertz CT molecular complexity index is 689. The van der Waals surface area contributed by atoms with Crippen LogP contribution < -0.4 is 5.32 Å². The summed E-state index contributed by atoms with van der Waals surface area (Å²) in [4.78, 5) is 23.9. The third kappa shape index (κ3) is 3.54. The average Bonchev–Trinajstić information content (AvgIpc) is 2.99. The Hall–Kier alpha value is -2.94. The molecule has 0 radical (unpaired) electrons. The van der Waals surface area contributed by atoms with Crippen LogP contribution in [0.5, 0.6) is 0 Å². The van der Waals surface area contributed by atoms with E-state index in [9.17, 15) is 14.0 Å². The molecule has 0 aliphatic heterocycles. The van der Waals surface area contributed by atoms with Crippen LogP contribution in [-0.4, -0.2) is 11.7 Å². The maximum atomic E-state index is 13.1. The lowest BCUT2D eigenvalue weighted by Gasteiger charge is -2.08. The first-order valence-corrected chi connectivity index (χ1v) is 6.11. The molecule has 1 atom stereocenters. The third-order valence-electron chi connectivity index (χ3n) is 2.78. The zero-order valence-corrected chi connectivity index (χ0v) is 10.9. The lowest BCUT2D eigenvalue weighted by Crippen LogP contribution is -2.34. The predicted octanol–water partition coefficient (Wildman–Crippen LogP) is 2.06. The maximum absolute atomic E-state index is 13.1. The monoisotopic (exact) mass is 286 g/mol. The molecule has 0 bridgehead atoms. The first-order chi connectivity index (χ1) is 10.1. The van der Waals surface area contributed by atoms with Crippen LogP contribution >= 0.6 is 0 Å². The van der Waals surface area contributed by atoms with E-state index >= 15 is 0 Å². The maximum Gasteiger partial charge on any atom is 0.245 e. The third-order valence-corrected chi connectivity index (χ3v) is 2.78. The van der Waals surface area contributed by atoms with Crippen molar-refractivity contribution >= 4 is 11.7 Å². The second-order valence-corrected chi connectivity index (χ2v) is 4.23. The van der Waals surface area contributed by atoms with Gasteiger partial charge in [-0.2, -0.15) is 5.26 Å². The smallest absolute Gasteiger partial charge is 0.245 e. The Morgan fingerprint density at radius 1 is 1.33 bits per heavy atom. The fraction of sp³-hybridized carbons (Fsp3) is 0.133. The molecule has 0 saturated heterocycles. The fourth-order valence-corrected chi connectivity index (χ4v) is 1.73. The molecular weight excluding hydrogens is 275 g/mol. The molecule has 106 valence electrons. The largest absolute Gasteiger partial charge is 0.467 e. The quantitative estimate of drug-likeness (QED) is 0.673. The summed E-state index contributed by atoms with van der Waals surface area (Å²) in [7, 11) is 0. The van der Waals surface area contributed by atoms with Crippen LogP contribution in [0.3, 0.4) is 0 Å². The zero-order valence-electron chi connectivity index (χ0n) is 10.9. The van der Waals surface area contributed by atoms with E-state index in [0.717, 1.165) is 6.07 Å². The Labute approximate surface area is 120 Å². The molecule has 1 aromatic heterocycles. The molecule has 21 heavy (non-hydrogen) atoms. The van der Waals surface area contributed by atoms with Crippen LogP contribution in [0.1, 0.15) is 16.1 Å². The number of carbonyl (C=O) groups excluding carboxylic acids is 2. The topological polar surface area (TPSA) is 83.1 Å². The van der Waals surface area contributed by atoms with E-state index in [2.05, 4.69) is 5.32 Å². The highest BCUT2D eigenvalue weighted by molar-refractivity contribution is 6.12. The van der Waals surface area contributed by atoms with Gasteiger partial charge in [0, 0.05) is 5.56 Å². The van der Waals surface area contributed by atoms with Crippen molar-refractivity contribution in [1.29, 1.82) is 5.26 Å². The van der Waals surface area contributed by atoms with Crippen molar-refractivity contribution in [2.45, 2.75) is 6.54 Å². The van der Waals surface area contributed by atoms with E-state index in [0.29, 0.717) is 5.76 Å². The summed E-state index contributed by atoms with van der Waals surface area (Å²) >= 11 is 0. The van der Waals surface area contributed by atoms with Crippen molar-refractivity contribution in [1.82, 2.24) is 5.32 Å². The van der Waals surface area contributed by atoms with E-state index in [1.807, 2.05) is 0 Å². The number of ketones is 1. The van der Waals surface area contributed by atoms with Gasteiger partial charge in [0.05, 0.1) is 18.9 Å². The van der Waals surface area contributed by atoms with Gasteiger partial charge in [-0.3, -0.25) is 9.59 Å². The highest BCUT2D eigenvalue weighted by atomic mass is 19.1.